The normalized spacial score (nSPS) is 14.2. The molecule has 0 bridgehead atoms. The average molecular weight is 437 g/mol. The smallest absolute Gasteiger partial charge is 0.294 e. The second kappa shape index (κ2) is 9.02. The zero-order chi connectivity index (χ0) is 21.8. The van der Waals surface area contributed by atoms with Crippen LogP contribution in [0, 0.1) is 5.82 Å². The molecule has 0 spiro atoms. The van der Waals surface area contributed by atoms with E-state index in [2.05, 4.69) is 5.32 Å². The van der Waals surface area contributed by atoms with Crippen molar-refractivity contribution in [1.29, 1.82) is 0 Å². The molecule has 0 aromatic heterocycles. The third-order valence-corrected chi connectivity index (χ3v) is 5.07. The Morgan fingerprint density at radius 2 is 1.77 bits per heavy atom. The van der Waals surface area contributed by atoms with E-state index >= 15 is 0 Å². The highest BCUT2D eigenvalue weighted by Gasteiger charge is 2.32. The molecule has 1 N–H and O–H groups in total. The minimum Gasteiger partial charge on any atom is -0.449 e. The van der Waals surface area contributed by atoms with Crippen LogP contribution in [0.15, 0.2) is 78.6 Å². The molecule has 0 saturated heterocycles. The van der Waals surface area contributed by atoms with Crippen molar-refractivity contribution in [3.63, 3.8) is 0 Å². The van der Waals surface area contributed by atoms with E-state index in [0.29, 0.717) is 18.0 Å². The van der Waals surface area contributed by atoms with Crippen LogP contribution in [0.2, 0.25) is 5.02 Å². The topological polar surface area (TPSA) is 58.6 Å². The Bertz CT molecular complexity index is 1140. The van der Waals surface area contributed by atoms with Crippen LogP contribution in [-0.4, -0.2) is 18.4 Å². The van der Waals surface area contributed by atoms with Gasteiger partial charge in [-0.2, -0.15) is 0 Å². The average Bonchev–Trinajstić information content (AvgIpc) is 2.78. The lowest BCUT2D eigenvalue weighted by atomic mass is 10.1. The van der Waals surface area contributed by atoms with E-state index in [9.17, 15) is 14.0 Å². The van der Waals surface area contributed by atoms with Crippen molar-refractivity contribution < 1.29 is 18.7 Å². The molecule has 0 saturated carbocycles. The number of benzene rings is 3. The summed E-state index contributed by atoms with van der Waals surface area (Å²) < 4.78 is 19.9. The number of hydrogen-bond donors (Lipinski definition) is 1. The summed E-state index contributed by atoms with van der Waals surface area (Å²) in [6.07, 6.45) is 1.25. The Balaban J connectivity index is 1.59. The molecule has 0 atom stereocenters. The van der Waals surface area contributed by atoms with Crippen LogP contribution in [-0.2, 0) is 16.1 Å². The molecule has 0 radical (unpaired) electrons. The van der Waals surface area contributed by atoms with Gasteiger partial charge in [0.25, 0.3) is 5.91 Å². The lowest BCUT2D eigenvalue weighted by Gasteiger charge is -2.30. The molecule has 0 fully saturated rings. The van der Waals surface area contributed by atoms with Gasteiger partial charge in [-0.3, -0.25) is 14.5 Å². The maximum absolute atomic E-state index is 14.2. The zero-order valence-electron chi connectivity index (χ0n) is 16.3. The van der Waals surface area contributed by atoms with Crippen LogP contribution < -0.4 is 15.0 Å². The van der Waals surface area contributed by atoms with Crippen molar-refractivity contribution in [2.45, 2.75) is 6.54 Å². The number of halogens is 2. The lowest BCUT2D eigenvalue weighted by Crippen LogP contribution is -2.44. The van der Waals surface area contributed by atoms with Crippen molar-refractivity contribution in [1.82, 2.24) is 5.32 Å². The van der Waals surface area contributed by atoms with Gasteiger partial charge in [-0.25, -0.2) is 4.39 Å². The van der Waals surface area contributed by atoms with E-state index in [4.69, 9.17) is 16.3 Å². The van der Waals surface area contributed by atoms with Gasteiger partial charge in [-0.1, -0.05) is 60.1 Å². The standard InChI is InChI=1S/C24H18ClFN2O3/c25-18-9-6-10-19(26)17(18)13-22-24(30)28(20-11-4-5-12-21(20)31-22)15-23(29)27-14-16-7-2-1-3-8-16/h1-13H,14-15H2,(H,27,29). The highest BCUT2D eigenvalue weighted by Crippen LogP contribution is 2.36. The number of amides is 2. The fourth-order valence-electron chi connectivity index (χ4n) is 3.19. The first-order valence-corrected chi connectivity index (χ1v) is 9.96. The molecular weight excluding hydrogens is 419 g/mol. The molecule has 156 valence electrons. The predicted octanol–water partition coefficient (Wildman–Crippen LogP) is 4.56. The fourth-order valence-corrected chi connectivity index (χ4v) is 3.41. The molecule has 7 heteroatoms. The van der Waals surface area contributed by atoms with Gasteiger partial charge < -0.3 is 10.1 Å². The number of nitrogens with one attached hydrogen (secondary N) is 1. The quantitative estimate of drug-likeness (QED) is 0.596. The Morgan fingerprint density at radius 1 is 1.03 bits per heavy atom. The maximum atomic E-state index is 14.2. The molecule has 3 aromatic rings. The Morgan fingerprint density at radius 3 is 2.55 bits per heavy atom. The van der Waals surface area contributed by atoms with Gasteiger partial charge in [0.2, 0.25) is 5.91 Å². The molecule has 31 heavy (non-hydrogen) atoms. The number of nitrogens with zero attached hydrogens (tertiary/aromatic N) is 1. The van der Waals surface area contributed by atoms with E-state index in [1.807, 2.05) is 30.3 Å². The van der Waals surface area contributed by atoms with Crippen LogP contribution in [0.4, 0.5) is 10.1 Å². The van der Waals surface area contributed by atoms with Crippen LogP contribution >= 0.6 is 11.6 Å². The Hall–Kier alpha value is -3.64. The summed E-state index contributed by atoms with van der Waals surface area (Å²) in [5.41, 5.74) is 1.44. The summed E-state index contributed by atoms with van der Waals surface area (Å²) in [7, 11) is 0. The van der Waals surface area contributed by atoms with Crippen molar-refractivity contribution in [2.24, 2.45) is 0 Å². The number of carbonyl (C=O) groups excluding carboxylic acids is 2. The largest absolute Gasteiger partial charge is 0.449 e. The van der Waals surface area contributed by atoms with E-state index < -0.39 is 11.7 Å². The number of para-hydroxylation sites is 2. The SMILES string of the molecule is O=C(CN1C(=O)C(=Cc2c(F)cccc2Cl)Oc2ccccc21)NCc1ccccc1. The molecule has 3 aromatic carbocycles. The molecule has 0 aliphatic carbocycles. The van der Waals surface area contributed by atoms with Crippen molar-refractivity contribution in [3.8, 4) is 5.75 Å². The molecular formula is C24H18ClFN2O3. The number of fused-ring (bicyclic) bond motifs is 1. The number of ether oxygens (including phenoxy) is 1. The molecule has 1 aliphatic rings. The van der Waals surface area contributed by atoms with Crippen molar-refractivity contribution >= 4 is 35.2 Å². The molecule has 0 unspecified atom stereocenters. The van der Waals surface area contributed by atoms with E-state index in [1.54, 1.807) is 24.3 Å². The first-order valence-electron chi connectivity index (χ1n) is 9.58. The number of rotatable bonds is 5. The monoisotopic (exact) mass is 436 g/mol. The van der Waals surface area contributed by atoms with Gasteiger partial charge in [0.1, 0.15) is 12.4 Å². The van der Waals surface area contributed by atoms with E-state index in [-0.39, 0.29) is 28.8 Å². The number of carbonyl (C=O) groups is 2. The summed E-state index contributed by atoms with van der Waals surface area (Å²) in [6, 6.07) is 20.5. The highest BCUT2D eigenvalue weighted by molar-refractivity contribution is 6.32. The van der Waals surface area contributed by atoms with Crippen LogP contribution in [0.25, 0.3) is 6.08 Å². The maximum Gasteiger partial charge on any atom is 0.294 e. The first kappa shape index (κ1) is 20.6. The molecule has 2 amide bonds. The van der Waals surface area contributed by atoms with Crippen molar-refractivity contribution in [3.05, 3.63) is 101 Å². The first-order chi connectivity index (χ1) is 15.0. The second-order valence-corrected chi connectivity index (χ2v) is 7.27. The second-order valence-electron chi connectivity index (χ2n) is 6.87. The summed E-state index contributed by atoms with van der Waals surface area (Å²) in [4.78, 5) is 27.0. The summed E-state index contributed by atoms with van der Waals surface area (Å²) in [5.74, 6) is -1.22. The van der Waals surface area contributed by atoms with Gasteiger partial charge in [0, 0.05) is 12.1 Å². The molecule has 1 aliphatic heterocycles. The van der Waals surface area contributed by atoms with Gasteiger partial charge in [-0.05, 0) is 35.9 Å². The summed E-state index contributed by atoms with van der Waals surface area (Å²) >= 11 is 6.09. The summed E-state index contributed by atoms with van der Waals surface area (Å²) in [5, 5.41) is 2.95. The third kappa shape index (κ3) is 4.59. The minimum atomic E-state index is -0.581. The van der Waals surface area contributed by atoms with Crippen LogP contribution in [0.5, 0.6) is 5.75 Å². The zero-order valence-corrected chi connectivity index (χ0v) is 17.1. The van der Waals surface area contributed by atoms with Gasteiger partial charge >= 0.3 is 0 Å². The lowest BCUT2D eigenvalue weighted by molar-refractivity contribution is -0.123. The Kier molecular flexibility index (Phi) is 6.00. The molecule has 4 rings (SSSR count). The fraction of sp³-hybridized carbons (Fsp3) is 0.0833. The molecule has 5 nitrogen and oxygen atoms in total. The van der Waals surface area contributed by atoms with E-state index in [1.165, 1.54) is 29.2 Å². The highest BCUT2D eigenvalue weighted by atomic mass is 35.5. The molecule has 1 heterocycles. The van der Waals surface area contributed by atoms with Crippen LogP contribution in [0.3, 0.4) is 0 Å². The van der Waals surface area contributed by atoms with Crippen molar-refractivity contribution in [2.75, 3.05) is 11.4 Å². The van der Waals surface area contributed by atoms with Gasteiger partial charge in [0.05, 0.1) is 10.7 Å². The third-order valence-electron chi connectivity index (χ3n) is 4.74. The van der Waals surface area contributed by atoms with Gasteiger partial charge in [0.15, 0.2) is 11.5 Å². The van der Waals surface area contributed by atoms with E-state index in [0.717, 1.165) is 5.56 Å². The number of anilines is 1. The van der Waals surface area contributed by atoms with Crippen LogP contribution in [0.1, 0.15) is 11.1 Å². The predicted molar refractivity (Wildman–Crippen MR) is 117 cm³/mol. The Labute approximate surface area is 183 Å². The summed E-state index contributed by atoms with van der Waals surface area (Å²) in [6.45, 7) is 0.127. The number of hydrogen-bond acceptors (Lipinski definition) is 3. The minimum absolute atomic E-state index is 0.0420. The van der Waals surface area contributed by atoms with Gasteiger partial charge in [-0.15, -0.1) is 0 Å².